The highest BCUT2D eigenvalue weighted by molar-refractivity contribution is 7.09. The molecule has 1 aromatic carbocycles. The SMILES string of the molecule is COc1ccccc1N[C@@H]1c2ncccc2C(=O)N1Cc1cccs1. The van der Waals surface area contributed by atoms with Crippen molar-refractivity contribution in [3.8, 4) is 5.75 Å². The fourth-order valence-electron chi connectivity index (χ4n) is 3.03. The first kappa shape index (κ1) is 15.7. The first-order chi connectivity index (χ1) is 12.3. The van der Waals surface area contributed by atoms with Crippen LogP contribution < -0.4 is 10.1 Å². The maximum absolute atomic E-state index is 12.9. The van der Waals surface area contributed by atoms with Gasteiger partial charge in [0.1, 0.15) is 11.9 Å². The molecule has 1 aliphatic heterocycles. The number of ether oxygens (including phenoxy) is 1. The molecule has 3 aromatic rings. The first-order valence-corrected chi connectivity index (χ1v) is 8.83. The summed E-state index contributed by atoms with van der Waals surface area (Å²) in [6.07, 6.45) is 1.39. The maximum atomic E-state index is 12.9. The Morgan fingerprint density at radius 2 is 2.08 bits per heavy atom. The summed E-state index contributed by atoms with van der Waals surface area (Å²) in [7, 11) is 1.63. The minimum absolute atomic E-state index is 0.0103. The molecule has 25 heavy (non-hydrogen) atoms. The Kier molecular flexibility index (Phi) is 4.11. The van der Waals surface area contributed by atoms with Gasteiger partial charge in [-0.15, -0.1) is 11.3 Å². The molecule has 0 aliphatic carbocycles. The molecule has 5 nitrogen and oxygen atoms in total. The van der Waals surface area contributed by atoms with Crippen LogP contribution in [0.15, 0.2) is 60.1 Å². The lowest BCUT2D eigenvalue weighted by Crippen LogP contribution is -2.31. The average Bonchev–Trinajstić information content (AvgIpc) is 3.25. The van der Waals surface area contributed by atoms with Gasteiger partial charge < -0.3 is 15.0 Å². The largest absolute Gasteiger partial charge is 0.495 e. The van der Waals surface area contributed by atoms with Gasteiger partial charge in [-0.25, -0.2) is 0 Å². The first-order valence-electron chi connectivity index (χ1n) is 7.96. The number of rotatable bonds is 5. The van der Waals surface area contributed by atoms with E-state index >= 15 is 0 Å². The topological polar surface area (TPSA) is 54.5 Å². The second-order valence-corrected chi connectivity index (χ2v) is 6.73. The van der Waals surface area contributed by atoms with Gasteiger partial charge in [0.05, 0.1) is 30.6 Å². The molecule has 1 atom stereocenters. The number of nitrogens with one attached hydrogen (secondary N) is 1. The Balaban J connectivity index is 1.71. The zero-order valence-electron chi connectivity index (χ0n) is 13.7. The number of aromatic nitrogens is 1. The molecule has 0 unspecified atom stereocenters. The number of nitrogens with zero attached hydrogens (tertiary/aromatic N) is 2. The number of pyridine rings is 1. The molecule has 0 spiro atoms. The molecular weight excluding hydrogens is 334 g/mol. The van der Waals surface area contributed by atoms with Crippen LogP contribution in [0.4, 0.5) is 5.69 Å². The number of benzene rings is 1. The number of para-hydroxylation sites is 2. The second kappa shape index (κ2) is 6.57. The van der Waals surface area contributed by atoms with Crippen molar-refractivity contribution in [2.24, 2.45) is 0 Å². The number of hydrogen-bond donors (Lipinski definition) is 1. The predicted molar refractivity (Wildman–Crippen MR) is 97.8 cm³/mol. The van der Waals surface area contributed by atoms with Crippen LogP contribution in [0.3, 0.4) is 0 Å². The number of thiophene rings is 1. The summed E-state index contributed by atoms with van der Waals surface area (Å²) in [4.78, 5) is 20.3. The normalized spacial score (nSPS) is 16.0. The van der Waals surface area contributed by atoms with E-state index in [4.69, 9.17) is 4.74 Å². The average molecular weight is 351 g/mol. The van der Waals surface area contributed by atoms with Crippen LogP contribution in [-0.4, -0.2) is 22.9 Å². The quantitative estimate of drug-likeness (QED) is 0.757. The monoisotopic (exact) mass is 351 g/mol. The highest BCUT2D eigenvalue weighted by Gasteiger charge is 2.38. The van der Waals surface area contributed by atoms with E-state index < -0.39 is 0 Å². The molecule has 0 radical (unpaired) electrons. The van der Waals surface area contributed by atoms with Crippen LogP contribution in [0.2, 0.25) is 0 Å². The summed E-state index contributed by atoms with van der Waals surface area (Å²) in [5.74, 6) is 0.722. The van der Waals surface area contributed by atoms with Gasteiger partial charge in [-0.05, 0) is 35.7 Å². The Morgan fingerprint density at radius 3 is 2.88 bits per heavy atom. The summed E-state index contributed by atoms with van der Waals surface area (Å²) in [6.45, 7) is 0.541. The van der Waals surface area contributed by atoms with Crippen molar-refractivity contribution in [1.29, 1.82) is 0 Å². The van der Waals surface area contributed by atoms with Crippen molar-refractivity contribution < 1.29 is 9.53 Å². The van der Waals surface area contributed by atoms with E-state index in [0.717, 1.165) is 22.0 Å². The van der Waals surface area contributed by atoms with Gasteiger partial charge in [0.2, 0.25) is 0 Å². The van der Waals surface area contributed by atoms with Crippen LogP contribution >= 0.6 is 11.3 Å². The van der Waals surface area contributed by atoms with Gasteiger partial charge in [0.15, 0.2) is 0 Å². The molecule has 4 rings (SSSR count). The number of amides is 1. The van der Waals surface area contributed by atoms with Crippen LogP contribution in [0.25, 0.3) is 0 Å². The third-order valence-electron chi connectivity index (χ3n) is 4.21. The maximum Gasteiger partial charge on any atom is 0.258 e. The number of carbonyl (C=O) groups excluding carboxylic acids is 1. The van der Waals surface area contributed by atoms with E-state index in [1.165, 1.54) is 0 Å². The van der Waals surface area contributed by atoms with Gasteiger partial charge in [0.25, 0.3) is 5.91 Å². The molecule has 126 valence electrons. The van der Waals surface area contributed by atoms with Crippen molar-refractivity contribution in [2.45, 2.75) is 12.7 Å². The standard InChI is InChI=1S/C19H17N3O2S/c1-24-16-9-3-2-8-15(16)21-18-17-14(7-4-10-20-17)19(23)22(18)12-13-6-5-11-25-13/h2-11,18,21H,12H2,1H3/t18-/m0/s1. The molecule has 0 fully saturated rings. The zero-order valence-corrected chi connectivity index (χ0v) is 14.5. The van der Waals surface area contributed by atoms with Crippen molar-refractivity contribution in [3.05, 3.63) is 76.2 Å². The minimum Gasteiger partial charge on any atom is -0.495 e. The molecule has 6 heteroatoms. The van der Waals surface area contributed by atoms with Crippen molar-refractivity contribution in [3.63, 3.8) is 0 Å². The van der Waals surface area contributed by atoms with Crippen LogP contribution in [0.5, 0.6) is 5.75 Å². The summed E-state index contributed by atoms with van der Waals surface area (Å²) in [5, 5.41) is 5.45. The Labute approximate surface area is 149 Å². The van der Waals surface area contributed by atoms with Gasteiger partial charge in [-0.2, -0.15) is 0 Å². The van der Waals surface area contributed by atoms with Crippen molar-refractivity contribution in [2.75, 3.05) is 12.4 Å². The van der Waals surface area contributed by atoms with E-state index in [1.54, 1.807) is 30.7 Å². The molecule has 0 bridgehead atoms. The van der Waals surface area contributed by atoms with Gasteiger partial charge in [0, 0.05) is 11.1 Å². The summed E-state index contributed by atoms with van der Waals surface area (Å²) in [6, 6.07) is 15.3. The van der Waals surface area contributed by atoms with Crippen LogP contribution in [-0.2, 0) is 6.54 Å². The molecule has 3 heterocycles. The fourth-order valence-corrected chi connectivity index (χ4v) is 3.73. The molecular formula is C19H17N3O2S. The third kappa shape index (κ3) is 2.85. The number of methoxy groups -OCH3 is 1. The number of fused-ring (bicyclic) bond motifs is 1. The lowest BCUT2D eigenvalue weighted by Gasteiger charge is -2.26. The molecule has 0 saturated heterocycles. The lowest BCUT2D eigenvalue weighted by atomic mass is 10.2. The fraction of sp³-hybridized carbons (Fsp3) is 0.158. The van der Waals surface area contributed by atoms with Gasteiger partial charge >= 0.3 is 0 Å². The highest BCUT2D eigenvalue weighted by Crippen LogP contribution is 2.36. The van der Waals surface area contributed by atoms with E-state index in [0.29, 0.717) is 12.1 Å². The number of carbonyl (C=O) groups is 1. The van der Waals surface area contributed by atoms with Gasteiger partial charge in [-0.3, -0.25) is 9.78 Å². The molecule has 0 saturated carbocycles. The summed E-state index contributed by atoms with van der Waals surface area (Å²) >= 11 is 1.64. The van der Waals surface area contributed by atoms with Crippen molar-refractivity contribution >= 4 is 22.9 Å². The van der Waals surface area contributed by atoms with Gasteiger partial charge in [-0.1, -0.05) is 18.2 Å². The minimum atomic E-state index is -0.331. The molecule has 1 N–H and O–H groups in total. The highest BCUT2D eigenvalue weighted by atomic mass is 32.1. The van der Waals surface area contributed by atoms with Crippen LogP contribution in [0, 0.1) is 0 Å². The Hall–Kier alpha value is -2.86. The van der Waals surface area contributed by atoms with E-state index in [1.807, 2.05) is 52.7 Å². The van der Waals surface area contributed by atoms with Crippen molar-refractivity contribution in [1.82, 2.24) is 9.88 Å². The Bertz CT molecular complexity index is 895. The van der Waals surface area contributed by atoms with Crippen LogP contribution in [0.1, 0.15) is 27.1 Å². The van der Waals surface area contributed by atoms with E-state index in [-0.39, 0.29) is 12.1 Å². The third-order valence-corrected chi connectivity index (χ3v) is 5.07. The Morgan fingerprint density at radius 1 is 1.20 bits per heavy atom. The number of hydrogen-bond acceptors (Lipinski definition) is 5. The number of anilines is 1. The summed E-state index contributed by atoms with van der Waals surface area (Å²) in [5.41, 5.74) is 2.22. The smallest absolute Gasteiger partial charge is 0.258 e. The molecule has 1 amide bonds. The molecule has 1 aliphatic rings. The van der Waals surface area contributed by atoms with E-state index in [9.17, 15) is 4.79 Å². The second-order valence-electron chi connectivity index (χ2n) is 5.70. The zero-order chi connectivity index (χ0) is 17.2. The predicted octanol–water partition coefficient (Wildman–Crippen LogP) is 3.92. The van der Waals surface area contributed by atoms with E-state index in [2.05, 4.69) is 10.3 Å². The molecule has 2 aromatic heterocycles. The summed E-state index contributed by atoms with van der Waals surface area (Å²) < 4.78 is 5.43. The lowest BCUT2D eigenvalue weighted by molar-refractivity contribution is 0.0729.